The van der Waals surface area contributed by atoms with Crippen LogP contribution in [0, 0.1) is 0 Å². The topological polar surface area (TPSA) is 76.5 Å². The van der Waals surface area contributed by atoms with Gasteiger partial charge in [0, 0.05) is 53.6 Å². The standard InChI is InChI=1S/C26H26N4O3/c1-3-29-22-9-5-4-8-20(22)21-13-17(10-11-23(21)29)26(32)30-16-19(14-24(30)25(31)27-2)33-18-7-6-12-28-15-18/h4-13,15,19,24H,3,14,16H2,1-2H3,(H,27,31)/t19-,24-/m0/s1. The highest BCUT2D eigenvalue weighted by Gasteiger charge is 2.40. The SMILES string of the molecule is CCn1c2ccccc2c2cc(C(=O)N3C[C@@H](Oc4cccnc4)C[C@H]3C(=O)NC)ccc21. The molecule has 2 atom stereocenters. The van der Waals surface area contributed by atoms with Crippen LogP contribution in [0.1, 0.15) is 23.7 Å². The van der Waals surface area contributed by atoms with Crippen LogP contribution in [0.2, 0.25) is 0 Å². The van der Waals surface area contributed by atoms with Crippen LogP contribution < -0.4 is 10.1 Å². The Bertz CT molecular complexity index is 1330. The van der Waals surface area contributed by atoms with Gasteiger partial charge in [0.1, 0.15) is 17.9 Å². The van der Waals surface area contributed by atoms with Crippen LogP contribution >= 0.6 is 0 Å². The second-order valence-electron chi connectivity index (χ2n) is 8.25. The number of aryl methyl sites for hydroxylation is 1. The first kappa shape index (κ1) is 21.0. The second-order valence-corrected chi connectivity index (χ2v) is 8.25. The number of carbonyl (C=O) groups is 2. The lowest BCUT2D eigenvalue weighted by Crippen LogP contribution is -2.44. The summed E-state index contributed by atoms with van der Waals surface area (Å²) in [5.74, 6) is 0.265. The summed E-state index contributed by atoms with van der Waals surface area (Å²) >= 11 is 0. The number of hydrogen-bond acceptors (Lipinski definition) is 4. The van der Waals surface area contributed by atoms with E-state index in [0.717, 1.165) is 28.4 Å². The van der Waals surface area contributed by atoms with Crippen molar-refractivity contribution < 1.29 is 14.3 Å². The van der Waals surface area contributed by atoms with Gasteiger partial charge in [-0.3, -0.25) is 14.6 Å². The first-order valence-electron chi connectivity index (χ1n) is 11.2. The Balaban J connectivity index is 1.48. The highest BCUT2D eigenvalue weighted by molar-refractivity contribution is 6.11. The Kier molecular flexibility index (Phi) is 5.46. The number of hydrogen-bond donors (Lipinski definition) is 1. The molecule has 2 amide bonds. The predicted octanol–water partition coefficient (Wildman–Crippen LogP) is 3.62. The average Bonchev–Trinajstić information content (AvgIpc) is 3.42. The molecule has 1 aliphatic rings. The molecule has 0 spiro atoms. The van der Waals surface area contributed by atoms with Gasteiger partial charge in [0.05, 0.1) is 12.7 Å². The van der Waals surface area contributed by atoms with Crippen molar-refractivity contribution in [1.29, 1.82) is 0 Å². The van der Waals surface area contributed by atoms with Crippen LogP contribution in [0.5, 0.6) is 5.75 Å². The number of para-hydroxylation sites is 1. The zero-order valence-corrected chi connectivity index (χ0v) is 18.7. The lowest BCUT2D eigenvalue weighted by Gasteiger charge is -2.23. The average molecular weight is 443 g/mol. The number of amides is 2. The first-order valence-corrected chi connectivity index (χ1v) is 11.2. The number of nitrogens with one attached hydrogen (secondary N) is 1. The van der Waals surface area contributed by atoms with Gasteiger partial charge in [-0.15, -0.1) is 0 Å². The maximum Gasteiger partial charge on any atom is 0.254 e. The maximum absolute atomic E-state index is 13.6. The molecule has 0 saturated carbocycles. The number of carbonyl (C=O) groups excluding carboxylic acids is 2. The number of likely N-dealkylation sites (tertiary alicyclic amines) is 1. The van der Waals surface area contributed by atoms with Crippen molar-refractivity contribution in [3.8, 4) is 5.75 Å². The molecule has 3 heterocycles. The molecule has 2 aromatic carbocycles. The quantitative estimate of drug-likeness (QED) is 0.512. The summed E-state index contributed by atoms with van der Waals surface area (Å²) in [5, 5.41) is 4.84. The largest absolute Gasteiger partial charge is 0.487 e. The molecule has 2 aromatic heterocycles. The smallest absolute Gasteiger partial charge is 0.254 e. The minimum Gasteiger partial charge on any atom is -0.487 e. The van der Waals surface area contributed by atoms with E-state index in [1.54, 1.807) is 30.4 Å². The number of aromatic nitrogens is 2. The molecule has 0 unspecified atom stereocenters. The van der Waals surface area contributed by atoms with Crippen molar-refractivity contribution in [2.45, 2.75) is 32.0 Å². The fraction of sp³-hybridized carbons (Fsp3) is 0.269. The van der Waals surface area contributed by atoms with Crippen molar-refractivity contribution in [3.05, 3.63) is 72.6 Å². The number of fused-ring (bicyclic) bond motifs is 3. The van der Waals surface area contributed by atoms with Gasteiger partial charge >= 0.3 is 0 Å². The van der Waals surface area contributed by atoms with E-state index < -0.39 is 6.04 Å². The summed E-state index contributed by atoms with van der Waals surface area (Å²) in [5.41, 5.74) is 2.81. The van der Waals surface area contributed by atoms with E-state index in [1.165, 1.54) is 0 Å². The lowest BCUT2D eigenvalue weighted by atomic mass is 10.1. The lowest BCUT2D eigenvalue weighted by molar-refractivity contribution is -0.124. The molecule has 1 fully saturated rings. The maximum atomic E-state index is 13.6. The zero-order chi connectivity index (χ0) is 22.9. The van der Waals surface area contributed by atoms with Crippen molar-refractivity contribution in [1.82, 2.24) is 19.8 Å². The van der Waals surface area contributed by atoms with Gasteiger partial charge in [0.25, 0.3) is 5.91 Å². The monoisotopic (exact) mass is 442 g/mol. The van der Waals surface area contributed by atoms with Gasteiger partial charge in [0.2, 0.25) is 5.91 Å². The van der Waals surface area contributed by atoms with E-state index in [0.29, 0.717) is 24.3 Å². The Labute approximate surface area is 192 Å². The van der Waals surface area contributed by atoms with Crippen LogP contribution in [0.3, 0.4) is 0 Å². The molecule has 0 aliphatic carbocycles. The summed E-state index contributed by atoms with van der Waals surface area (Å²) in [7, 11) is 1.59. The molecule has 1 saturated heterocycles. The number of pyridine rings is 1. The van der Waals surface area contributed by atoms with Gasteiger partial charge in [-0.25, -0.2) is 0 Å². The Morgan fingerprint density at radius 2 is 1.91 bits per heavy atom. The predicted molar refractivity (Wildman–Crippen MR) is 127 cm³/mol. The molecule has 1 aliphatic heterocycles. The fourth-order valence-corrected chi connectivity index (χ4v) is 4.82. The minimum atomic E-state index is -0.586. The van der Waals surface area contributed by atoms with E-state index in [9.17, 15) is 9.59 Å². The van der Waals surface area contributed by atoms with Crippen molar-refractivity contribution in [3.63, 3.8) is 0 Å². The third kappa shape index (κ3) is 3.69. The van der Waals surface area contributed by atoms with Crippen LogP contribution in [-0.2, 0) is 11.3 Å². The molecule has 5 rings (SSSR count). The van der Waals surface area contributed by atoms with Crippen LogP contribution in [-0.4, -0.2) is 52.0 Å². The fourth-order valence-electron chi connectivity index (χ4n) is 4.82. The first-order chi connectivity index (χ1) is 16.1. The van der Waals surface area contributed by atoms with E-state index in [2.05, 4.69) is 33.9 Å². The van der Waals surface area contributed by atoms with Crippen molar-refractivity contribution in [2.24, 2.45) is 0 Å². The van der Waals surface area contributed by atoms with Crippen LogP contribution in [0.4, 0.5) is 0 Å². The molecule has 168 valence electrons. The highest BCUT2D eigenvalue weighted by Crippen LogP contribution is 2.31. The number of rotatable bonds is 5. The number of likely N-dealkylation sites (N-methyl/N-ethyl adjacent to an activating group) is 1. The Morgan fingerprint density at radius 1 is 1.09 bits per heavy atom. The number of benzene rings is 2. The molecular weight excluding hydrogens is 416 g/mol. The Morgan fingerprint density at radius 3 is 2.67 bits per heavy atom. The summed E-state index contributed by atoms with van der Waals surface area (Å²) in [4.78, 5) is 31.9. The number of ether oxygens (including phenoxy) is 1. The molecule has 0 radical (unpaired) electrons. The van der Waals surface area contributed by atoms with E-state index >= 15 is 0 Å². The third-order valence-electron chi connectivity index (χ3n) is 6.35. The Hall–Kier alpha value is -3.87. The summed E-state index contributed by atoms with van der Waals surface area (Å²) in [6, 6.07) is 17.1. The summed E-state index contributed by atoms with van der Waals surface area (Å²) < 4.78 is 8.27. The van der Waals surface area contributed by atoms with Gasteiger partial charge in [-0.2, -0.15) is 0 Å². The number of nitrogens with zero attached hydrogens (tertiary/aromatic N) is 3. The van der Waals surface area contributed by atoms with E-state index in [4.69, 9.17) is 4.74 Å². The van der Waals surface area contributed by atoms with Gasteiger partial charge in [-0.1, -0.05) is 18.2 Å². The molecule has 4 aromatic rings. The minimum absolute atomic E-state index is 0.170. The molecule has 33 heavy (non-hydrogen) atoms. The summed E-state index contributed by atoms with van der Waals surface area (Å²) in [6.45, 7) is 3.29. The van der Waals surface area contributed by atoms with Gasteiger partial charge in [0.15, 0.2) is 0 Å². The van der Waals surface area contributed by atoms with Crippen LogP contribution in [0.25, 0.3) is 21.8 Å². The molecular formula is C26H26N4O3. The third-order valence-corrected chi connectivity index (χ3v) is 6.35. The highest BCUT2D eigenvalue weighted by atomic mass is 16.5. The van der Waals surface area contributed by atoms with Gasteiger partial charge in [-0.05, 0) is 43.3 Å². The van der Waals surface area contributed by atoms with Gasteiger partial charge < -0.3 is 19.5 Å². The molecule has 7 nitrogen and oxygen atoms in total. The summed E-state index contributed by atoms with van der Waals surface area (Å²) in [6.07, 6.45) is 3.45. The van der Waals surface area contributed by atoms with Crippen molar-refractivity contribution in [2.75, 3.05) is 13.6 Å². The molecule has 1 N–H and O–H groups in total. The van der Waals surface area contributed by atoms with Crippen LogP contribution in [0.15, 0.2) is 67.0 Å². The van der Waals surface area contributed by atoms with E-state index in [1.807, 2.05) is 36.4 Å². The zero-order valence-electron chi connectivity index (χ0n) is 18.7. The van der Waals surface area contributed by atoms with Crippen molar-refractivity contribution >= 4 is 33.6 Å². The normalized spacial score (nSPS) is 18.1. The molecule has 0 bridgehead atoms. The molecule has 7 heteroatoms. The van der Waals surface area contributed by atoms with E-state index in [-0.39, 0.29) is 17.9 Å². The second kappa shape index (κ2) is 8.58.